The van der Waals surface area contributed by atoms with Crippen molar-refractivity contribution in [1.29, 1.82) is 0 Å². The van der Waals surface area contributed by atoms with Gasteiger partial charge < -0.3 is 19.9 Å². The Morgan fingerprint density at radius 3 is 2.78 bits per heavy atom. The summed E-state index contributed by atoms with van der Waals surface area (Å²) in [6.07, 6.45) is 5.27. The molecular formula is C19H35N7O. The number of aliphatic imine (C=N–C) groups is 1. The molecular weight excluding hydrogens is 342 g/mol. The Labute approximate surface area is 163 Å². The van der Waals surface area contributed by atoms with Crippen LogP contribution in [0.5, 0.6) is 0 Å². The number of likely N-dealkylation sites (N-methyl/N-ethyl adjacent to an activating group) is 1. The summed E-state index contributed by atoms with van der Waals surface area (Å²) in [6.45, 7) is 8.03. The van der Waals surface area contributed by atoms with Gasteiger partial charge in [-0.1, -0.05) is 0 Å². The molecule has 3 heterocycles. The van der Waals surface area contributed by atoms with Gasteiger partial charge in [-0.3, -0.25) is 14.6 Å². The fourth-order valence-electron chi connectivity index (χ4n) is 4.05. The lowest BCUT2D eigenvalue weighted by atomic mass is 10.1. The zero-order valence-electron chi connectivity index (χ0n) is 17.3. The van der Waals surface area contributed by atoms with Gasteiger partial charge in [0.05, 0.1) is 25.5 Å². The molecule has 2 atom stereocenters. The van der Waals surface area contributed by atoms with E-state index >= 15 is 0 Å². The Morgan fingerprint density at radius 1 is 1.37 bits per heavy atom. The molecule has 0 spiro atoms. The number of morpholine rings is 1. The first-order valence-electron chi connectivity index (χ1n) is 9.97. The van der Waals surface area contributed by atoms with E-state index < -0.39 is 0 Å². The summed E-state index contributed by atoms with van der Waals surface area (Å²) in [7, 11) is 8.06. The van der Waals surface area contributed by atoms with Crippen LogP contribution < -0.4 is 5.32 Å². The van der Waals surface area contributed by atoms with Crippen molar-refractivity contribution in [2.45, 2.75) is 12.5 Å². The standard InChI is InChI=1S/C19H35N7O/c1-20-19(21-12-18(23(2)3)17-11-22-24(4)15-17)26-6-5-16(14-26)13-25-7-9-27-10-8-25/h11,15-16,18H,5-10,12-14H2,1-4H3,(H,20,21). The molecule has 0 aliphatic carbocycles. The van der Waals surface area contributed by atoms with Crippen molar-refractivity contribution in [1.82, 2.24) is 29.8 Å². The van der Waals surface area contributed by atoms with Crippen LogP contribution >= 0.6 is 0 Å². The van der Waals surface area contributed by atoms with E-state index in [0.717, 1.165) is 51.9 Å². The van der Waals surface area contributed by atoms with Crippen LogP contribution in [0.25, 0.3) is 0 Å². The van der Waals surface area contributed by atoms with Crippen molar-refractivity contribution in [3.63, 3.8) is 0 Å². The third kappa shape index (κ3) is 5.43. The quantitative estimate of drug-likeness (QED) is 0.567. The van der Waals surface area contributed by atoms with Crippen LogP contribution in [-0.2, 0) is 11.8 Å². The first-order chi connectivity index (χ1) is 13.1. The molecule has 27 heavy (non-hydrogen) atoms. The lowest BCUT2D eigenvalue weighted by Crippen LogP contribution is -2.44. The number of guanidine groups is 1. The predicted molar refractivity (Wildman–Crippen MR) is 108 cm³/mol. The maximum atomic E-state index is 5.46. The van der Waals surface area contributed by atoms with E-state index in [-0.39, 0.29) is 6.04 Å². The van der Waals surface area contributed by atoms with Crippen LogP contribution in [-0.4, -0.2) is 104 Å². The van der Waals surface area contributed by atoms with Gasteiger partial charge in [0.15, 0.2) is 5.96 Å². The summed E-state index contributed by atoms with van der Waals surface area (Å²) >= 11 is 0. The minimum absolute atomic E-state index is 0.266. The summed E-state index contributed by atoms with van der Waals surface area (Å²) in [5, 5.41) is 7.91. The number of aromatic nitrogens is 2. The number of likely N-dealkylation sites (tertiary alicyclic amines) is 1. The van der Waals surface area contributed by atoms with Crippen LogP contribution in [0, 0.1) is 5.92 Å². The highest BCUT2D eigenvalue weighted by Gasteiger charge is 2.27. The summed E-state index contributed by atoms with van der Waals surface area (Å²) in [4.78, 5) is 11.7. The van der Waals surface area contributed by atoms with Gasteiger partial charge in [-0.2, -0.15) is 5.10 Å². The van der Waals surface area contributed by atoms with Crippen LogP contribution in [0.15, 0.2) is 17.4 Å². The second-order valence-corrected chi connectivity index (χ2v) is 7.87. The molecule has 0 radical (unpaired) electrons. The molecule has 0 amide bonds. The number of aryl methyl sites for hydroxylation is 1. The zero-order chi connectivity index (χ0) is 19.2. The fourth-order valence-corrected chi connectivity index (χ4v) is 4.05. The van der Waals surface area contributed by atoms with Crippen LogP contribution in [0.3, 0.4) is 0 Å². The molecule has 8 nitrogen and oxygen atoms in total. The lowest BCUT2D eigenvalue weighted by Gasteiger charge is -2.30. The van der Waals surface area contributed by atoms with E-state index in [9.17, 15) is 0 Å². The molecule has 1 aromatic heterocycles. The van der Waals surface area contributed by atoms with Crippen molar-refractivity contribution in [3.05, 3.63) is 18.0 Å². The lowest BCUT2D eigenvalue weighted by molar-refractivity contribution is 0.0315. The molecule has 3 rings (SSSR count). The van der Waals surface area contributed by atoms with Gasteiger partial charge >= 0.3 is 0 Å². The molecule has 0 saturated carbocycles. The summed E-state index contributed by atoms with van der Waals surface area (Å²) in [6, 6.07) is 0.266. The molecule has 1 aromatic rings. The molecule has 0 bridgehead atoms. The Balaban J connectivity index is 1.51. The molecule has 2 aliphatic rings. The Kier molecular flexibility index (Phi) is 7.09. The third-order valence-corrected chi connectivity index (χ3v) is 5.60. The van der Waals surface area contributed by atoms with Gasteiger partial charge in [0, 0.05) is 65.1 Å². The highest BCUT2D eigenvalue weighted by molar-refractivity contribution is 5.80. The van der Waals surface area contributed by atoms with Gasteiger partial charge in [0.2, 0.25) is 0 Å². The van der Waals surface area contributed by atoms with Gasteiger partial charge in [-0.25, -0.2) is 0 Å². The molecule has 152 valence electrons. The second kappa shape index (κ2) is 9.52. The summed E-state index contributed by atoms with van der Waals surface area (Å²) < 4.78 is 7.32. The van der Waals surface area contributed by atoms with Gasteiger partial charge in [-0.05, 0) is 26.4 Å². The minimum atomic E-state index is 0.266. The van der Waals surface area contributed by atoms with Crippen molar-refractivity contribution in [3.8, 4) is 0 Å². The highest BCUT2D eigenvalue weighted by atomic mass is 16.5. The smallest absolute Gasteiger partial charge is 0.193 e. The average Bonchev–Trinajstić information content (AvgIpc) is 3.28. The van der Waals surface area contributed by atoms with E-state index in [0.29, 0.717) is 5.92 Å². The number of ether oxygens (including phenoxy) is 1. The monoisotopic (exact) mass is 377 g/mol. The molecule has 2 fully saturated rings. The molecule has 2 unspecified atom stereocenters. The number of nitrogens with zero attached hydrogens (tertiary/aromatic N) is 6. The highest BCUT2D eigenvalue weighted by Crippen LogP contribution is 2.19. The van der Waals surface area contributed by atoms with Crippen molar-refractivity contribution in [2.24, 2.45) is 18.0 Å². The second-order valence-electron chi connectivity index (χ2n) is 7.87. The van der Waals surface area contributed by atoms with Crippen LogP contribution in [0.4, 0.5) is 0 Å². The van der Waals surface area contributed by atoms with Gasteiger partial charge in [-0.15, -0.1) is 0 Å². The molecule has 8 heteroatoms. The van der Waals surface area contributed by atoms with Crippen molar-refractivity contribution >= 4 is 5.96 Å². The van der Waals surface area contributed by atoms with E-state index in [1.54, 1.807) is 0 Å². The maximum absolute atomic E-state index is 5.46. The number of hydrogen-bond acceptors (Lipinski definition) is 5. The zero-order valence-corrected chi connectivity index (χ0v) is 17.3. The predicted octanol–water partition coefficient (Wildman–Crippen LogP) is 0.252. The SMILES string of the molecule is CN=C(NCC(c1cnn(C)c1)N(C)C)N1CCC(CN2CCOCC2)C1. The number of nitrogens with one attached hydrogen (secondary N) is 1. The largest absolute Gasteiger partial charge is 0.379 e. The van der Waals surface area contributed by atoms with Crippen molar-refractivity contribution < 1.29 is 4.74 Å². The third-order valence-electron chi connectivity index (χ3n) is 5.60. The van der Waals surface area contributed by atoms with Crippen molar-refractivity contribution in [2.75, 3.05) is 73.6 Å². The number of hydrogen-bond donors (Lipinski definition) is 1. The average molecular weight is 378 g/mol. The minimum Gasteiger partial charge on any atom is -0.379 e. The summed E-state index contributed by atoms with van der Waals surface area (Å²) in [5.74, 6) is 1.72. The van der Waals surface area contributed by atoms with E-state index in [1.165, 1.54) is 18.5 Å². The van der Waals surface area contributed by atoms with E-state index in [2.05, 4.69) is 50.4 Å². The fraction of sp³-hybridized carbons (Fsp3) is 0.789. The van der Waals surface area contributed by atoms with Gasteiger partial charge in [0.1, 0.15) is 0 Å². The van der Waals surface area contributed by atoms with Crippen LogP contribution in [0.2, 0.25) is 0 Å². The number of rotatable bonds is 6. The molecule has 2 aliphatic heterocycles. The van der Waals surface area contributed by atoms with E-state index in [4.69, 9.17) is 4.74 Å². The topological polar surface area (TPSA) is 61.2 Å². The first-order valence-corrected chi connectivity index (χ1v) is 9.97. The Morgan fingerprint density at radius 2 is 2.15 bits per heavy atom. The van der Waals surface area contributed by atoms with Crippen LogP contribution in [0.1, 0.15) is 18.0 Å². The van der Waals surface area contributed by atoms with Gasteiger partial charge in [0.25, 0.3) is 0 Å². The Bertz CT molecular complexity index is 609. The van der Waals surface area contributed by atoms with E-state index in [1.807, 2.05) is 25.0 Å². The maximum Gasteiger partial charge on any atom is 0.193 e. The molecule has 0 aromatic carbocycles. The first kappa shape index (κ1) is 20.1. The molecule has 2 saturated heterocycles. The normalized spacial score (nSPS) is 23.2. The Hall–Kier alpha value is -1.64. The molecule has 1 N–H and O–H groups in total. The summed E-state index contributed by atoms with van der Waals surface area (Å²) in [5.41, 5.74) is 1.22.